The molecule has 0 radical (unpaired) electrons. The molecule has 8 heteroatoms. The van der Waals surface area contributed by atoms with E-state index in [0.29, 0.717) is 0 Å². The van der Waals surface area contributed by atoms with Crippen molar-refractivity contribution < 1.29 is 9.84 Å². The summed E-state index contributed by atoms with van der Waals surface area (Å²) < 4.78 is 9.11. The highest BCUT2D eigenvalue weighted by Crippen LogP contribution is 2.36. The van der Waals surface area contributed by atoms with Crippen molar-refractivity contribution in [1.29, 1.82) is 0 Å². The third-order valence-electron chi connectivity index (χ3n) is 9.33. The number of benzene rings is 4. The minimum Gasteiger partial charge on any atom is -0.497 e. The normalized spacial score (nSPS) is 11.4. The quantitative estimate of drug-likeness (QED) is 0.0452. The van der Waals surface area contributed by atoms with Crippen LogP contribution < -0.4 is 25.4 Å². The van der Waals surface area contributed by atoms with Gasteiger partial charge in [-0.3, -0.25) is 0 Å². The maximum atomic E-state index is 9.07. The van der Waals surface area contributed by atoms with Crippen molar-refractivity contribution in [1.82, 2.24) is 4.98 Å². The lowest BCUT2D eigenvalue weighted by Crippen LogP contribution is -2.15. The van der Waals surface area contributed by atoms with E-state index in [1.54, 1.807) is 19.1 Å². The smallest absolute Gasteiger partial charge is 0.130 e. The first-order valence-corrected chi connectivity index (χ1v) is 19.5. The Morgan fingerprint density at radius 1 is 0.846 bits per heavy atom. The molecule has 52 heavy (non-hydrogen) atoms. The third kappa shape index (κ3) is 10.2. The zero-order valence-electron chi connectivity index (χ0n) is 31.7. The van der Waals surface area contributed by atoms with Gasteiger partial charge < -0.3 is 30.5 Å². The number of nitrogens with one attached hydrogen (secondary N) is 4. The van der Waals surface area contributed by atoms with E-state index >= 15 is 0 Å². The van der Waals surface area contributed by atoms with Crippen LogP contribution in [0.25, 0.3) is 10.8 Å². The van der Waals surface area contributed by atoms with Crippen molar-refractivity contribution in [2.24, 2.45) is 0 Å². The Kier molecular flexibility index (Phi) is 13.5. The second-order valence-electron chi connectivity index (χ2n) is 14.3. The van der Waals surface area contributed by atoms with E-state index in [-0.39, 0.29) is 12.0 Å². The van der Waals surface area contributed by atoms with E-state index in [2.05, 4.69) is 139 Å². The summed E-state index contributed by atoms with van der Waals surface area (Å²) in [4.78, 5) is 4.64. The minimum atomic E-state index is 0.00385. The zero-order valence-corrected chi connectivity index (χ0v) is 32.5. The minimum absolute atomic E-state index is 0.00385. The first-order chi connectivity index (χ1) is 25.1. The fraction of sp³-hybridized carbons (Fsp3) is 0.341. The molecule has 5 N–H and O–H groups in total. The molecule has 4 aromatic carbocycles. The van der Waals surface area contributed by atoms with Gasteiger partial charge in [-0.05, 0) is 113 Å². The number of aryl methyl sites for hydroxylation is 1. The number of aliphatic hydroxyl groups excluding tert-OH is 1. The van der Waals surface area contributed by atoms with Gasteiger partial charge in [0.2, 0.25) is 0 Å². The molecule has 5 aromatic rings. The van der Waals surface area contributed by atoms with Crippen molar-refractivity contribution >= 4 is 51.3 Å². The molecule has 0 atom stereocenters. The SMILES string of the molecule is C=C(Nc1cc(C(C)(C)C)cc(NSC)c1CC)Nc1ccc(Cc2ccnc(Nc3cc(CCCCCCO)cc(OC)c3)c2)c2ccccc12. The van der Waals surface area contributed by atoms with Crippen LogP contribution in [-0.2, 0) is 24.7 Å². The van der Waals surface area contributed by atoms with Crippen LogP contribution in [0.4, 0.5) is 28.6 Å². The number of anilines is 5. The van der Waals surface area contributed by atoms with Gasteiger partial charge in [0, 0.05) is 53.3 Å². The molecule has 1 heterocycles. The van der Waals surface area contributed by atoms with Gasteiger partial charge in [0.05, 0.1) is 7.11 Å². The molecule has 0 amide bonds. The Morgan fingerprint density at radius 3 is 2.33 bits per heavy atom. The summed E-state index contributed by atoms with van der Waals surface area (Å²) in [5, 5.41) is 22.1. The Hall–Kier alpha value is -4.66. The summed E-state index contributed by atoms with van der Waals surface area (Å²) in [6.45, 7) is 13.6. The Labute approximate surface area is 314 Å². The van der Waals surface area contributed by atoms with Gasteiger partial charge in [-0.1, -0.05) is 89.4 Å². The average Bonchev–Trinajstić information content (AvgIpc) is 3.12. The number of rotatable bonds is 18. The monoisotopic (exact) mass is 717 g/mol. The standard InChI is InChI=1S/C44H55N5O2S/c1-8-37-41(27-34(44(3,4)5)28-42(37)49-52-7)47-30(2)46-40-19-18-33(38-16-12-13-17-39(38)40)23-32-20-21-45-43(26-32)48-35-24-31(25-36(29-35)51-6)15-11-9-10-14-22-50/h12-13,16-21,24-29,46-47,49-50H,2,8-11,14-15,22-23H2,1,3-7H3,(H,45,48). The van der Waals surface area contributed by atoms with Crippen LogP contribution in [0.15, 0.2) is 97.5 Å². The molecular weight excluding hydrogens is 663 g/mol. The van der Waals surface area contributed by atoms with Gasteiger partial charge in [-0.15, -0.1) is 0 Å². The van der Waals surface area contributed by atoms with Gasteiger partial charge in [0.1, 0.15) is 17.4 Å². The van der Waals surface area contributed by atoms with E-state index in [9.17, 15) is 0 Å². The third-order valence-corrected chi connectivity index (χ3v) is 9.76. The van der Waals surface area contributed by atoms with E-state index < -0.39 is 0 Å². The highest BCUT2D eigenvalue weighted by molar-refractivity contribution is 7.99. The van der Waals surface area contributed by atoms with Crippen molar-refractivity contribution in [3.05, 3.63) is 125 Å². The fourth-order valence-electron chi connectivity index (χ4n) is 6.59. The van der Waals surface area contributed by atoms with Crippen LogP contribution in [0.5, 0.6) is 5.75 Å². The molecule has 0 bridgehead atoms. The van der Waals surface area contributed by atoms with Crippen LogP contribution >= 0.6 is 11.9 Å². The molecule has 0 fully saturated rings. The maximum Gasteiger partial charge on any atom is 0.130 e. The Morgan fingerprint density at radius 2 is 1.60 bits per heavy atom. The van der Waals surface area contributed by atoms with Crippen molar-refractivity contribution in [2.75, 3.05) is 40.6 Å². The molecule has 1 aromatic heterocycles. The molecule has 0 aliphatic carbocycles. The summed E-state index contributed by atoms with van der Waals surface area (Å²) in [6.07, 6.45) is 10.6. The lowest BCUT2D eigenvalue weighted by Gasteiger charge is -2.25. The molecule has 0 saturated carbocycles. The molecule has 7 nitrogen and oxygen atoms in total. The maximum absolute atomic E-state index is 9.07. The first kappa shape index (κ1) is 38.6. The number of aromatic nitrogens is 1. The molecule has 0 spiro atoms. The van der Waals surface area contributed by atoms with E-state index in [1.807, 2.05) is 12.3 Å². The molecular formula is C44H55N5O2S. The molecule has 274 valence electrons. The van der Waals surface area contributed by atoms with Crippen LogP contribution in [-0.4, -0.2) is 30.1 Å². The van der Waals surface area contributed by atoms with E-state index in [1.165, 1.54) is 33.2 Å². The predicted molar refractivity (Wildman–Crippen MR) is 225 cm³/mol. The number of pyridine rings is 1. The summed E-state index contributed by atoms with van der Waals surface area (Å²) >= 11 is 1.61. The topological polar surface area (TPSA) is 90.5 Å². The van der Waals surface area contributed by atoms with Crippen LogP contribution in [0.1, 0.15) is 81.2 Å². The summed E-state index contributed by atoms with van der Waals surface area (Å²) in [5.74, 6) is 2.34. The highest BCUT2D eigenvalue weighted by Gasteiger charge is 2.19. The second kappa shape index (κ2) is 18.2. The van der Waals surface area contributed by atoms with Crippen LogP contribution in [0.2, 0.25) is 0 Å². The zero-order chi connectivity index (χ0) is 37.1. The van der Waals surface area contributed by atoms with Gasteiger partial charge in [-0.25, -0.2) is 4.98 Å². The van der Waals surface area contributed by atoms with Crippen LogP contribution in [0.3, 0.4) is 0 Å². The van der Waals surface area contributed by atoms with Crippen molar-refractivity contribution in [2.45, 2.75) is 78.1 Å². The number of aliphatic hydroxyl groups is 1. The highest BCUT2D eigenvalue weighted by atomic mass is 32.2. The fourth-order valence-corrected chi connectivity index (χ4v) is 6.99. The summed E-state index contributed by atoms with van der Waals surface area (Å²) in [5.41, 5.74) is 10.3. The Balaban J connectivity index is 1.33. The first-order valence-electron chi connectivity index (χ1n) is 18.3. The number of methoxy groups -OCH3 is 1. The summed E-state index contributed by atoms with van der Waals surface area (Å²) in [6, 6.07) is 27.9. The molecule has 5 rings (SSSR count). The van der Waals surface area contributed by atoms with Crippen molar-refractivity contribution in [3.63, 3.8) is 0 Å². The Bertz CT molecular complexity index is 1970. The second-order valence-corrected chi connectivity index (χ2v) is 14.9. The number of ether oxygens (including phenoxy) is 1. The van der Waals surface area contributed by atoms with E-state index in [0.717, 1.165) is 90.5 Å². The number of nitrogens with zero attached hydrogens (tertiary/aromatic N) is 1. The van der Waals surface area contributed by atoms with Crippen molar-refractivity contribution in [3.8, 4) is 5.75 Å². The number of hydrogen-bond acceptors (Lipinski definition) is 8. The molecule has 0 saturated heterocycles. The van der Waals surface area contributed by atoms with E-state index in [4.69, 9.17) is 9.84 Å². The van der Waals surface area contributed by atoms with Gasteiger partial charge >= 0.3 is 0 Å². The lowest BCUT2D eigenvalue weighted by molar-refractivity contribution is 0.282. The largest absolute Gasteiger partial charge is 0.497 e. The van der Waals surface area contributed by atoms with Gasteiger partial charge in [-0.2, -0.15) is 0 Å². The van der Waals surface area contributed by atoms with Gasteiger partial charge in [0.25, 0.3) is 0 Å². The molecule has 0 aliphatic heterocycles. The lowest BCUT2D eigenvalue weighted by atomic mass is 9.85. The average molecular weight is 718 g/mol. The number of hydrogen-bond donors (Lipinski definition) is 5. The predicted octanol–water partition coefficient (Wildman–Crippen LogP) is 11.2. The van der Waals surface area contributed by atoms with Crippen LogP contribution in [0, 0.1) is 0 Å². The molecule has 0 unspecified atom stereocenters. The summed E-state index contributed by atoms with van der Waals surface area (Å²) in [7, 11) is 1.70. The number of unbranched alkanes of at least 4 members (excludes halogenated alkanes) is 3. The number of fused-ring (bicyclic) bond motifs is 1. The molecule has 0 aliphatic rings. The van der Waals surface area contributed by atoms with Gasteiger partial charge in [0.15, 0.2) is 0 Å².